The molecule has 2 bridgehead atoms. The summed E-state index contributed by atoms with van der Waals surface area (Å²) in [7, 11) is 2.24. The molecule has 2 nitrogen and oxygen atoms in total. The van der Waals surface area contributed by atoms with Crippen molar-refractivity contribution in [3.05, 3.63) is 35.4 Å². The van der Waals surface area contributed by atoms with E-state index >= 15 is 0 Å². The molecule has 4 heteroatoms. The van der Waals surface area contributed by atoms with E-state index in [9.17, 15) is 0 Å². The molecule has 1 aromatic rings. The summed E-state index contributed by atoms with van der Waals surface area (Å²) in [4.78, 5) is 5.15. The van der Waals surface area contributed by atoms with Crippen LogP contribution >= 0.6 is 24.8 Å². The molecule has 0 N–H and O–H groups in total. The largest absolute Gasteiger partial charge is 0.304 e. The first-order valence-corrected chi connectivity index (χ1v) is 7.81. The van der Waals surface area contributed by atoms with E-state index in [0.717, 1.165) is 17.8 Å². The van der Waals surface area contributed by atoms with Gasteiger partial charge in [0, 0.05) is 32.7 Å². The van der Waals surface area contributed by atoms with Gasteiger partial charge in [-0.3, -0.25) is 0 Å². The number of benzene rings is 1. The van der Waals surface area contributed by atoms with Gasteiger partial charge in [-0.15, -0.1) is 24.8 Å². The summed E-state index contributed by atoms with van der Waals surface area (Å²) in [5.41, 5.74) is 3.35. The third-order valence-electron chi connectivity index (χ3n) is 5.62. The second kappa shape index (κ2) is 6.87. The highest BCUT2D eigenvalue weighted by molar-refractivity contribution is 5.85. The number of nitrogens with zero attached hydrogens (tertiary/aromatic N) is 2. The fourth-order valence-corrected chi connectivity index (χ4v) is 4.54. The van der Waals surface area contributed by atoms with Crippen molar-refractivity contribution >= 4 is 24.8 Å². The van der Waals surface area contributed by atoms with E-state index in [1.807, 2.05) is 0 Å². The summed E-state index contributed by atoms with van der Waals surface area (Å²) < 4.78 is 0. The fourth-order valence-electron chi connectivity index (χ4n) is 4.54. The molecule has 21 heavy (non-hydrogen) atoms. The number of halogens is 2. The van der Waals surface area contributed by atoms with Crippen LogP contribution in [0.2, 0.25) is 0 Å². The molecule has 0 amide bonds. The Kier molecular flexibility index (Phi) is 5.59. The van der Waals surface area contributed by atoms with Crippen molar-refractivity contribution < 1.29 is 0 Å². The summed E-state index contributed by atoms with van der Waals surface area (Å²) in [5, 5.41) is 0. The van der Waals surface area contributed by atoms with Crippen LogP contribution in [0.25, 0.3) is 0 Å². The first kappa shape index (κ1) is 17.1. The zero-order chi connectivity index (χ0) is 12.8. The minimum atomic E-state index is 0. The van der Waals surface area contributed by atoms with Crippen LogP contribution in [0.1, 0.15) is 35.8 Å². The first-order valence-electron chi connectivity index (χ1n) is 7.81. The number of rotatable bonds is 2. The normalized spacial score (nSPS) is 31.4. The Hall–Kier alpha value is -0.280. The van der Waals surface area contributed by atoms with Crippen molar-refractivity contribution in [1.82, 2.24) is 9.80 Å². The Morgan fingerprint density at radius 2 is 1.62 bits per heavy atom. The highest BCUT2D eigenvalue weighted by atomic mass is 35.5. The molecule has 1 aromatic carbocycles. The molecule has 2 fully saturated rings. The average Bonchev–Trinajstić information content (AvgIpc) is 3.00. The summed E-state index contributed by atoms with van der Waals surface area (Å²) in [6, 6.07) is 9.20. The Balaban J connectivity index is 0.000000807. The average molecular weight is 329 g/mol. The van der Waals surface area contributed by atoms with Crippen molar-refractivity contribution in [2.45, 2.75) is 24.7 Å². The molecule has 2 aliphatic carbocycles. The van der Waals surface area contributed by atoms with Gasteiger partial charge in [0.2, 0.25) is 0 Å². The molecule has 118 valence electrons. The van der Waals surface area contributed by atoms with Gasteiger partial charge in [0.05, 0.1) is 0 Å². The topological polar surface area (TPSA) is 6.48 Å². The van der Waals surface area contributed by atoms with E-state index < -0.39 is 0 Å². The number of piperazine rings is 1. The maximum Gasteiger partial charge on any atom is 0.0110 e. The lowest BCUT2D eigenvalue weighted by Gasteiger charge is -2.36. The van der Waals surface area contributed by atoms with Gasteiger partial charge in [-0.1, -0.05) is 24.3 Å². The van der Waals surface area contributed by atoms with Crippen LogP contribution in [0.15, 0.2) is 24.3 Å². The van der Waals surface area contributed by atoms with Gasteiger partial charge in [-0.05, 0) is 48.8 Å². The fraction of sp³-hybridized carbons (Fsp3) is 0.647. The first-order chi connectivity index (χ1) is 9.31. The van der Waals surface area contributed by atoms with Crippen molar-refractivity contribution in [2.24, 2.45) is 5.92 Å². The van der Waals surface area contributed by atoms with Crippen molar-refractivity contribution in [3.8, 4) is 0 Å². The van der Waals surface area contributed by atoms with Gasteiger partial charge in [-0.25, -0.2) is 0 Å². The van der Waals surface area contributed by atoms with E-state index in [-0.39, 0.29) is 24.8 Å². The van der Waals surface area contributed by atoms with Crippen LogP contribution in [-0.2, 0) is 0 Å². The number of hydrogen-bond acceptors (Lipinski definition) is 2. The Labute approximate surface area is 140 Å². The zero-order valence-corrected chi connectivity index (χ0v) is 14.3. The highest BCUT2D eigenvalue weighted by Crippen LogP contribution is 2.56. The standard InChI is InChI=1S/C17H24N2.2ClH/c1-18-6-8-19(9-7-18)12-14-10-13-11-17(14)16-5-3-2-4-15(13)16;;/h2-5,13-14,17H,6-12H2,1H3;2*1H. The quantitative estimate of drug-likeness (QED) is 0.821. The molecule has 1 saturated carbocycles. The third kappa shape index (κ3) is 3.10. The van der Waals surface area contributed by atoms with Crippen LogP contribution in [-0.4, -0.2) is 49.6 Å². The van der Waals surface area contributed by atoms with Gasteiger partial charge in [0.1, 0.15) is 0 Å². The van der Waals surface area contributed by atoms with Crippen molar-refractivity contribution in [3.63, 3.8) is 0 Å². The monoisotopic (exact) mass is 328 g/mol. The van der Waals surface area contributed by atoms with E-state index in [0.29, 0.717) is 0 Å². The summed E-state index contributed by atoms with van der Waals surface area (Å²) in [6.45, 7) is 6.37. The molecule has 0 spiro atoms. The molecule has 3 atom stereocenters. The second-order valence-electron chi connectivity index (χ2n) is 6.77. The molecule has 3 aliphatic rings. The lowest BCUT2D eigenvalue weighted by atomic mass is 9.83. The predicted octanol–water partition coefficient (Wildman–Crippen LogP) is 3.37. The van der Waals surface area contributed by atoms with Crippen LogP contribution in [0.3, 0.4) is 0 Å². The van der Waals surface area contributed by atoms with E-state index in [2.05, 4.69) is 41.1 Å². The summed E-state index contributed by atoms with van der Waals surface area (Å²) >= 11 is 0. The molecule has 0 aromatic heterocycles. The van der Waals surface area contributed by atoms with Gasteiger partial charge >= 0.3 is 0 Å². The van der Waals surface area contributed by atoms with Gasteiger partial charge in [0.15, 0.2) is 0 Å². The lowest BCUT2D eigenvalue weighted by molar-refractivity contribution is 0.132. The molecule has 0 radical (unpaired) electrons. The molecule has 1 heterocycles. The van der Waals surface area contributed by atoms with E-state index in [1.54, 1.807) is 11.1 Å². The molecular formula is C17H26Cl2N2. The molecule has 3 unspecified atom stereocenters. The summed E-state index contributed by atoms with van der Waals surface area (Å²) in [6.07, 6.45) is 2.87. The Bertz CT molecular complexity index is 472. The van der Waals surface area contributed by atoms with E-state index in [4.69, 9.17) is 0 Å². The maximum atomic E-state index is 2.70. The molecule has 4 rings (SSSR count). The SMILES string of the molecule is CN1CCN(CC2CC3CC2c2ccccc23)CC1.Cl.Cl. The van der Waals surface area contributed by atoms with E-state index in [1.165, 1.54) is 45.6 Å². The van der Waals surface area contributed by atoms with Gasteiger partial charge in [0.25, 0.3) is 0 Å². The van der Waals surface area contributed by atoms with Gasteiger partial charge < -0.3 is 9.80 Å². The van der Waals surface area contributed by atoms with Gasteiger partial charge in [-0.2, -0.15) is 0 Å². The van der Waals surface area contributed by atoms with Crippen LogP contribution in [0, 0.1) is 5.92 Å². The van der Waals surface area contributed by atoms with Crippen LogP contribution in [0.4, 0.5) is 0 Å². The lowest BCUT2D eigenvalue weighted by Crippen LogP contribution is -2.46. The predicted molar refractivity (Wildman–Crippen MR) is 93.1 cm³/mol. The number of likely N-dealkylation sites (N-methyl/N-ethyl adjacent to an activating group) is 1. The second-order valence-corrected chi connectivity index (χ2v) is 6.77. The summed E-state index contributed by atoms with van der Waals surface area (Å²) in [5.74, 6) is 2.66. The van der Waals surface area contributed by atoms with Crippen molar-refractivity contribution in [1.29, 1.82) is 0 Å². The minimum absolute atomic E-state index is 0. The number of fused-ring (bicyclic) bond motifs is 5. The smallest absolute Gasteiger partial charge is 0.0110 e. The molecule has 1 aliphatic heterocycles. The number of hydrogen-bond donors (Lipinski definition) is 0. The Morgan fingerprint density at radius 3 is 2.33 bits per heavy atom. The van der Waals surface area contributed by atoms with Crippen molar-refractivity contribution in [2.75, 3.05) is 39.8 Å². The molecular weight excluding hydrogens is 303 g/mol. The van der Waals surface area contributed by atoms with Crippen LogP contribution < -0.4 is 0 Å². The minimum Gasteiger partial charge on any atom is -0.304 e. The third-order valence-corrected chi connectivity index (χ3v) is 5.62. The van der Waals surface area contributed by atoms with Crippen LogP contribution in [0.5, 0.6) is 0 Å². The Morgan fingerprint density at radius 1 is 0.952 bits per heavy atom. The zero-order valence-electron chi connectivity index (χ0n) is 12.7. The maximum absolute atomic E-state index is 2.70. The molecule has 1 saturated heterocycles. The highest BCUT2D eigenvalue weighted by Gasteiger charge is 2.43.